The van der Waals surface area contributed by atoms with E-state index in [-0.39, 0.29) is 29.6 Å². The lowest BCUT2D eigenvalue weighted by Gasteiger charge is -2.22. The van der Waals surface area contributed by atoms with Crippen molar-refractivity contribution in [2.24, 2.45) is 17.8 Å². The molecule has 2 aromatic rings. The number of rotatable bonds is 3. The number of anilines is 1. The van der Waals surface area contributed by atoms with Gasteiger partial charge in [0.2, 0.25) is 11.8 Å². The highest BCUT2D eigenvalue weighted by molar-refractivity contribution is 6.30. The summed E-state index contributed by atoms with van der Waals surface area (Å²) in [7, 11) is 0. The molecule has 0 unspecified atom stereocenters. The van der Waals surface area contributed by atoms with Crippen molar-refractivity contribution in [2.75, 3.05) is 4.90 Å². The van der Waals surface area contributed by atoms with Gasteiger partial charge in [-0.25, -0.2) is 0 Å². The van der Waals surface area contributed by atoms with Gasteiger partial charge >= 0.3 is 0 Å². The smallest absolute Gasteiger partial charge is 0.238 e. The number of nitrogens with zero attached hydrogens (tertiary/aromatic N) is 1. The Bertz CT molecular complexity index is 873. The number of imide groups is 1. The number of benzene rings is 2. The summed E-state index contributed by atoms with van der Waals surface area (Å²) in [5, 5.41) is 0.643. The zero-order chi connectivity index (χ0) is 18.3. The normalized spacial score (nSPS) is 24.7. The Balaban J connectivity index is 1.54. The van der Waals surface area contributed by atoms with Crippen LogP contribution in [0.15, 0.2) is 60.7 Å². The topological polar surface area (TPSA) is 46.6 Å². The molecule has 1 heterocycles. The monoisotopic (exact) mass is 367 g/mol. The van der Waals surface area contributed by atoms with E-state index in [9.17, 15) is 9.59 Å². The third-order valence-corrected chi connectivity index (χ3v) is 5.27. The van der Waals surface area contributed by atoms with Gasteiger partial charge in [0.05, 0.1) is 17.5 Å². The standard InChI is InChI=1S/C21H18ClNO3/c1-13-3-2-4-18-19(13)21(25)23(20(18)24)15-7-11-17(12-8-15)26-16-9-5-14(22)6-10-16/h2-3,5-13,18-19H,4H2,1H3/t13-,18+,19-/m1/s1. The molecule has 1 aliphatic carbocycles. The van der Waals surface area contributed by atoms with Crippen LogP contribution in [0.4, 0.5) is 5.69 Å². The Morgan fingerprint density at radius 1 is 0.962 bits per heavy atom. The van der Waals surface area contributed by atoms with Gasteiger partial charge in [0.25, 0.3) is 0 Å². The van der Waals surface area contributed by atoms with Crippen molar-refractivity contribution in [3.05, 3.63) is 65.7 Å². The third kappa shape index (κ3) is 2.90. The Kier molecular flexibility index (Phi) is 4.29. The van der Waals surface area contributed by atoms with Crippen molar-refractivity contribution in [3.8, 4) is 11.5 Å². The SMILES string of the molecule is C[C@@H]1C=CC[C@@H]2C(=O)N(c3ccc(Oc4ccc(Cl)cc4)cc3)C(=O)[C@H]12. The lowest BCUT2D eigenvalue weighted by atomic mass is 9.78. The first-order valence-electron chi connectivity index (χ1n) is 8.62. The molecule has 0 bridgehead atoms. The molecule has 2 aromatic carbocycles. The molecule has 0 spiro atoms. The Labute approximate surface area is 157 Å². The molecule has 0 N–H and O–H groups in total. The molecule has 4 nitrogen and oxygen atoms in total. The van der Waals surface area contributed by atoms with E-state index in [0.717, 1.165) is 0 Å². The van der Waals surface area contributed by atoms with Gasteiger partial charge in [0.15, 0.2) is 0 Å². The van der Waals surface area contributed by atoms with Gasteiger partial charge in [-0.15, -0.1) is 0 Å². The number of carbonyl (C=O) groups excluding carboxylic acids is 2. The van der Waals surface area contributed by atoms with Gasteiger partial charge in [0.1, 0.15) is 11.5 Å². The Hall–Kier alpha value is -2.59. The summed E-state index contributed by atoms with van der Waals surface area (Å²) in [6.45, 7) is 1.99. The summed E-state index contributed by atoms with van der Waals surface area (Å²) < 4.78 is 5.76. The quantitative estimate of drug-likeness (QED) is 0.576. The highest BCUT2D eigenvalue weighted by atomic mass is 35.5. The molecular weight excluding hydrogens is 350 g/mol. The molecular formula is C21H18ClNO3. The lowest BCUT2D eigenvalue weighted by molar-refractivity contribution is -0.122. The molecule has 2 aliphatic rings. The molecule has 0 saturated carbocycles. The minimum absolute atomic E-state index is 0.0858. The van der Waals surface area contributed by atoms with E-state index >= 15 is 0 Å². The second-order valence-corrected chi connectivity index (χ2v) is 7.15. The van der Waals surface area contributed by atoms with Gasteiger partial charge in [-0.05, 0) is 60.9 Å². The molecule has 3 atom stereocenters. The molecule has 0 aromatic heterocycles. The summed E-state index contributed by atoms with van der Waals surface area (Å²) >= 11 is 5.87. The van der Waals surface area contributed by atoms with Gasteiger partial charge in [-0.3, -0.25) is 14.5 Å². The van der Waals surface area contributed by atoms with Gasteiger partial charge in [-0.1, -0.05) is 30.7 Å². The maximum atomic E-state index is 12.8. The van der Waals surface area contributed by atoms with Crippen LogP contribution in [0.25, 0.3) is 0 Å². The molecule has 1 fully saturated rings. The fraction of sp³-hybridized carbons (Fsp3) is 0.238. The van der Waals surface area contributed by atoms with E-state index in [2.05, 4.69) is 0 Å². The number of carbonyl (C=O) groups is 2. The molecule has 2 amide bonds. The first-order valence-corrected chi connectivity index (χ1v) is 9.00. The average Bonchev–Trinajstić information content (AvgIpc) is 2.90. The number of hydrogen-bond donors (Lipinski definition) is 0. The van der Waals surface area contributed by atoms with E-state index in [4.69, 9.17) is 16.3 Å². The Morgan fingerprint density at radius 2 is 1.58 bits per heavy atom. The van der Waals surface area contributed by atoms with Crippen molar-refractivity contribution in [1.82, 2.24) is 0 Å². The number of halogens is 1. The molecule has 0 radical (unpaired) electrons. The third-order valence-electron chi connectivity index (χ3n) is 5.02. The molecule has 132 valence electrons. The summed E-state index contributed by atoms with van der Waals surface area (Å²) in [6.07, 6.45) is 4.66. The maximum absolute atomic E-state index is 12.8. The first kappa shape index (κ1) is 16.9. The number of hydrogen-bond acceptors (Lipinski definition) is 3. The molecule has 4 rings (SSSR count). The first-order chi connectivity index (χ1) is 12.5. The van der Waals surface area contributed by atoms with Crippen LogP contribution in [0, 0.1) is 17.8 Å². The van der Waals surface area contributed by atoms with E-state index < -0.39 is 0 Å². The van der Waals surface area contributed by atoms with Crippen molar-refractivity contribution in [2.45, 2.75) is 13.3 Å². The van der Waals surface area contributed by atoms with Crippen molar-refractivity contribution < 1.29 is 14.3 Å². The summed E-state index contributed by atoms with van der Waals surface area (Å²) in [4.78, 5) is 26.9. The van der Waals surface area contributed by atoms with Crippen LogP contribution in [0.5, 0.6) is 11.5 Å². The van der Waals surface area contributed by atoms with Gasteiger partial charge < -0.3 is 4.74 Å². The van der Waals surface area contributed by atoms with E-state index in [0.29, 0.717) is 28.6 Å². The molecule has 5 heteroatoms. The Morgan fingerprint density at radius 3 is 2.19 bits per heavy atom. The molecule has 26 heavy (non-hydrogen) atoms. The number of amides is 2. The molecule has 1 aliphatic heterocycles. The summed E-state index contributed by atoms with van der Waals surface area (Å²) in [5.41, 5.74) is 0.588. The summed E-state index contributed by atoms with van der Waals surface area (Å²) in [6, 6.07) is 14.1. The second kappa shape index (κ2) is 6.61. The van der Waals surface area contributed by atoms with Crippen molar-refractivity contribution in [3.63, 3.8) is 0 Å². The number of allylic oxidation sites excluding steroid dienone is 2. The predicted molar refractivity (Wildman–Crippen MR) is 100 cm³/mol. The van der Waals surface area contributed by atoms with E-state index in [1.807, 2.05) is 19.1 Å². The van der Waals surface area contributed by atoms with Crippen molar-refractivity contribution >= 4 is 29.1 Å². The minimum Gasteiger partial charge on any atom is -0.457 e. The van der Waals surface area contributed by atoms with Crippen LogP contribution in [0.2, 0.25) is 5.02 Å². The zero-order valence-electron chi connectivity index (χ0n) is 14.3. The fourth-order valence-corrected chi connectivity index (χ4v) is 3.83. The van der Waals surface area contributed by atoms with Gasteiger partial charge in [0, 0.05) is 5.02 Å². The van der Waals surface area contributed by atoms with E-state index in [1.165, 1.54) is 4.90 Å². The maximum Gasteiger partial charge on any atom is 0.238 e. The zero-order valence-corrected chi connectivity index (χ0v) is 15.0. The van der Waals surface area contributed by atoms with Crippen molar-refractivity contribution in [1.29, 1.82) is 0 Å². The summed E-state index contributed by atoms with van der Waals surface area (Å²) in [5.74, 6) is 0.669. The predicted octanol–water partition coefficient (Wildman–Crippen LogP) is 4.83. The molecule has 1 saturated heterocycles. The van der Waals surface area contributed by atoms with Crippen LogP contribution in [0.3, 0.4) is 0 Å². The highest BCUT2D eigenvalue weighted by Crippen LogP contribution is 2.40. The van der Waals surface area contributed by atoms with Crippen LogP contribution < -0.4 is 9.64 Å². The fourth-order valence-electron chi connectivity index (χ4n) is 3.70. The van der Waals surface area contributed by atoms with Crippen LogP contribution in [-0.2, 0) is 9.59 Å². The highest BCUT2D eigenvalue weighted by Gasteiger charge is 2.50. The van der Waals surface area contributed by atoms with Gasteiger partial charge in [-0.2, -0.15) is 0 Å². The van der Waals surface area contributed by atoms with Crippen LogP contribution in [-0.4, -0.2) is 11.8 Å². The average molecular weight is 368 g/mol. The van der Waals surface area contributed by atoms with Crippen LogP contribution in [0.1, 0.15) is 13.3 Å². The largest absolute Gasteiger partial charge is 0.457 e. The number of ether oxygens (including phenoxy) is 1. The second-order valence-electron chi connectivity index (χ2n) is 6.72. The van der Waals surface area contributed by atoms with E-state index in [1.54, 1.807) is 48.5 Å². The number of fused-ring (bicyclic) bond motifs is 1. The minimum atomic E-state index is -0.252. The lowest BCUT2D eigenvalue weighted by Crippen LogP contribution is -2.31. The van der Waals surface area contributed by atoms with Crippen LogP contribution >= 0.6 is 11.6 Å².